The lowest BCUT2D eigenvalue weighted by molar-refractivity contribution is -0.130. The molecule has 124 valence electrons. The summed E-state index contributed by atoms with van der Waals surface area (Å²) in [6, 6.07) is 7.97. The standard InChI is InChI=1S/C18H25N3O2/c1-18(12-19)9-11-20(13-18)16(22)8-10-21-15-5-3-2-4-14(15)6-7-17(21)23/h2-5H,6-13,19H2,1H3. The maximum Gasteiger partial charge on any atom is 0.227 e. The van der Waals surface area contributed by atoms with Crippen LogP contribution in [0, 0.1) is 5.41 Å². The number of hydrogen-bond donors (Lipinski definition) is 1. The molecule has 2 amide bonds. The molecule has 2 heterocycles. The minimum atomic E-state index is 0.0448. The van der Waals surface area contributed by atoms with Gasteiger partial charge in [-0.25, -0.2) is 0 Å². The summed E-state index contributed by atoms with van der Waals surface area (Å²) in [5.74, 6) is 0.239. The van der Waals surface area contributed by atoms with Crippen molar-refractivity contribution in [3.8, 4) is 0 Å². The second-order valence-electron chi connectivity index (χ2n) is 7.00. The number of carbonyl (C=O) groups is 2. The number of benzene rings is 1. The Balaban J connectivity index is 1.62. The Labute approximate surface area is 137 Å². The SMILES string of the molecule is CC1(CN)CCN(C(=O)CCN2C(=O)CCc3ccccc32)C1. The van der Waals surface area contributed by atoms with Crippen LogP contribution in [-0.2, 0) is 16.0 Å². The van der Waals surface area contributed by atoms with E-state index in [1.807, 2.05) is 23.1 Å². The molecule has 0 saturated carbocycles. The van der Waals surface area contributed by atoms with Gasteiger partial charge in [-0.1, -0.05) is 25.1 Å². The number of likely N-dealkylation sites (tertiary alicyclic amines) is 1. The van der Waals surface area contributed by atoms with Crippen molar-refractivity contribution in [1.82, 2.24) is 4.90 Å². The topological polar surface area (TPSA) is 66.6 Å². The van der Waals surface area contributed by atoms with Gasteiger partial charge in [-0.3, -0.25) is 9.59 Å². The molecule has 2 N–H and O–H groups in total. The van der Waals surface area contributed by atoms with Crippen molar-refractivity contribution >= 4 is 17.5 Å². The molecule has 0 aromatic heterocycles. The van der Waals surface area contributed by atoms with E-state index >= 15 is 0 Å². The van der Waals surface area contributed by atoms with Gasteiger partial charge in [-0.2, -0.15) is 0 Å². The van der Waals surface area contributed by atoms with E-state index in [0.717, 1.165) is 31.6 Å². The van der Waals surface area contributed by atoms with Gasteiger partial charge in [0.1, 0.15) is 0 Å². The fourth-order valence-corrected chi connectivity index (χ4v) is 3.51. The smallest absolute Gasteiger partial charge is 0.227 e. The van der Waals surface area contributed by atoms with E-state index in [-0.39, 0.29) is 17.2 Å². The molecule has 2 aliphatic heterocycles. The molecule has 2 aliphatic rings. The van der Waals surface area contributed by atoms with Gasteiger partial charge in [0.25, 0.3) is 0 Å². The van der Waals surface area contributed by atoms with Crippen LogP contribution < -0.4 is 10.6 Å². The van der Waals surface area contributed by atoms with Crippen LogP contribution in [0.3, 0.4) is 0 Å². The number of anilines is 1. The second kappa shape index (κ2) is 6.32. The van der Waals surface area contributed by atoms with Gasteiger partial charge in [0.15, 0.2) is 0 Å². The summed E-state index contributed by atoms with van der Waals surface area (Å²) >= 11 is 0. The maximum absolute atomic E-state index is 12.5. The van der Waals surface area contributed by atoms with Crippen molar-refractivity contribution in [2.45, 2.75) is 32.6 Å². The second-order valence-corrected chi connectivity index (χ2v) is 7.00. The highest BCUT2D eigenvalue weighted by molar-refractivity contribution is 5.97. The largest absolute Gasteiger partial charge is 0.342 e. The Kier molecular flexibility index (Phi) is 4.39. The number of fused-ring (bicyclic) bond motifs is 1. The first-order valence-corrected chi connectivity index (χ1v) is 8.38. The fraction of sp³-hybridized carbons (Fsp3) is 0.556. The van der Waals surface area contributed by atoms with Crippen LogP contribution in [0.5, 0.6) is 0 Å². The van der Waals surface area contributed by atoms with E-state index in [0.29, 0.717) is 25.9 Å². The molecule has 0 spiro atoms. The van der Waals surface area contributed by atoms with Crippen LogP contribution in [-0.4, -0.2) is 42.9 Å². The molecule has 1 saturated heterocycles. The van der Waals surface area contributed by atoms with E-state index in [1.165, 1.54) is 5.56 Å². The number of nitrogens with two attached hydrogens (primary N) is 1. The predicted molar refractivity (Wildman–Crippen MR) is 90.1 cm³/mol. The van der Waals surface area contributed by atoms with Crippen LogP contribution in [0.25, 0.3) is 0 Å². The zero-order valence-electron chi connectivity index (χ0n) is 13.8. The summed E-state index contributed by atoms with van der Waals surface area (Å²) in [4.78, 5) is 28.4. The molecule has 1 fully saturated rings. The van der Waals surface area contributed by atoms with Crippen LogP contribution in [0.2, 0.25) is 0 Å². The Morgan fingerprint density at radius 1 is 1.30 bits per heavy atom. The molecule has 1 aromatic rings. The average molecular weight is 315 g/mol. The van der Waals surface area contributed by atoms with Crippen LogP contribution >= 0.6 is 0 Å². The highest BCUT2D eigenvalue weighted by atomic mass is 16.2. The highest BCUT2D eigenvalue weighted by Gasteiger charge is 2.35. The summed E-state index contributed by atoms with van der Waals surface area (Å²) in [7, 11) is 0. The summed E-state index contributed by atoms with van der Waals surface area (Å²) in [6.45, 7) is 4.70. The van der Waals surface area contributed by atoms with Crippen molar-refractivity contribution in [2.24, 2.45) is 11.1 Å². The van der Waals surface area contributed by atoms with Gasteiger partial charge in [0.05, 0.1) is 0 Å². The maximum atomic E-state index is 12.5. The molecule has 3 rings (SSSR count). The Morgan fingerprint density at radius 2 is 2.09 bits per heavy atom. The monoisotopic (exact) mass is 315 g/mol. The molecule has 0 radical (unpaired) electrons. The van der Waals surface area contributed by atoms with E-state index in [2.05, 4.69) is 13.0 Å². The first-order valence-electron chi connectivity index (χ1n) is 8.38. The van der Waals surface area contributed by atoms with Gasteiger partial charge < -0.3 is 15.5 Å². The molecule has 1 aromatic carbocycles. The third-order valence-electron chi connectivity index (χ3n) is 5.14. The average Bonchev–Trinajstić information content (AvgIpc) is 2.97. The van der Waals surface area contributed by atoms with Gasteiger partial charge in [0, 0.05) is 38.2 Å². The Morgan fingerprint density at radius 3 is 2.83 bits per heavy atom. The fourth-order valence-electron chi connectivity index (χ4n) is 3.51. The van der Waals surface area contributed by atoms with E-state index in [1.54, 1.807) is 4.90 Å². The first kappa shape index (κ1) is 16.0. The van der Waals surface area contributed by atoms with Gasteiger partial charge in [-0.15, -0.1) is 0 Å². The molecule has 1 unspecified atom stereocenters. The first-order chi connectivity index (χ1) is 11.0. The van der Waals surface area contributed by atoms with E-state index < -0.39 is 0 Å². The molecule has 5 heteroatoms. The normalized spacial score (nSPS) is 24.0. The number of rotatable bonds is 4. The highest BCUT2D eigenvalue weighted by Crippen LogP contribution is 2.30. The third kappa shape index (κ3) is 3.24. The van der Waals surface area contributed by atoms with Crippen molar-refractivity contribution in [3.05, 3.63) is 29.8 Å². The molecular formula is C18H25N3O2. The van der Waals surface area contributed by atoms with Crippen LogP contribution in [0.1, 0.15) is 31.7 Å². The molecule has 1 atom stereocenters. The molecule has 0 aliphatic carbocycles. The molecule has 0 bridgehead atoms. The number of hydrogen-bond acceptors (Lipinski definition) is 3. The van der Waals surface area contributed by atoms with Crippen molar-refractivity contribution in [2.75, 3.05) is 31.1 Å². The van der Waals surface area contributed by atoms with E-state index in [9.17, 15) is 9.59 Å². The van der Waals surface area contributed by atoms with Crippen molar-refractivity contribution in [3.63, 3.8) is 0 Å². The van der Waals surface area contributed by atoms with Gasteiger partial charge in [-0.05, 0) is 36.4 Å². The molecular weight excluding hydrogens is 290 g/mol. The zero-order valence-corrected chi connectivity index (χ0v) is 13.8. The lowest BCUT2D eigenvalue weighted by atomic mass is 9.90. The predicted octanol–water partition coefficient (Wildman–Crippen LogP) is 1.55. The number of nitrogens with zero attached hydrogens (tertiary/aromatic N) is 2. The quantitative estimate of drug-likeness (QED) is 0.917. The summed E-state index contributed by atoms with van der Waals surface area (Å²) in [5.41, 5.74) is 8.00. The summed E-state index contributed by atoms with van der Waals surface area (Å²) < 4.78 is 0. The number of para-hydroxylation sites is 1. The molecule has 23 heavy (non-hydrogen) atoms. The zero-order chi connectivity index (χ0) is 16.4. The Bertz CT molecular complexity index is 616. The van der Waals surface area contributed by atoms with Gasteiger partial charge >= 0.3 is 0 Å². The van der Waals surface area contributed by atoms with Crippen LogP contribution in [0.4, 0.5) is 5.69 Å². The van der Waals surface area contributed by atoms with Crippen molar-refractivity contribution in [1.29, 1.82) is 0 Å². The van der Waals surface area contributed by atoms with Crippen molar-refractivity contribution < 1.29 is 9.59 Å². The van der Waals surface area contributed by atoms with Gasteiger partial charge in [0.2, 0.25) is 11.8 Å². The Hall–Kier alpha value is -1.88. The number of amides is 2. The number of aryl methyl sites for hydroxylation is 1. The lowest BCUT2D eigenvalue weighted by Gasteiger charge is -2.30. The summed E-state index contributed by atoms with van der Waals surface area (Å²) in [6.07, 6.45) is 2.65. The lowest BCUT2D eigenvalue weighted by Crippen LogP contribution is -2.39. The number of carbonyl (C=O) groups excluding carboxylic acids is 2. The summed E-state index contributed by atoms with van der Waals surface area (Å²) in [5, 5.41) is 0. The minimum Gasteiger partial charge on any atom is -0.342 e. The molecule has 5 nitrogen and oxygen atoms in total. The minimum absolute atomic E-state index is 0.0448. The van der Waals surface area contributed by atoms with Crippen LogP contribution in [0.15, 0.2) is 24.3 Å². The third-order valence-corrected chi connectivity index (χ3v) is 5.14. The van der Waals surface area contributed by atoms with E-state index in [4.69, 9.17) is 5.73 Å².